The smallest absolute Gasteiger partial charge is 0.198 e. The van der Waals surface area contributed by atoms with E-state index in [1.807, 2.05) is 72.8 Å². The molecule has 3 nitrogen and oxygen atoms in total. The second-order valence-corrected chi connectivity index (χ2v) is 7.21. The Kier molecular flexibility index (Phi) is 3.18. The second kappa shape index (κ2) is 5.76. The van der Waals surface area contributed by atoms with Crippen molar-refractivity contribution in [2.75, 3.05) is 0 Å². The summed E-state index contributed by atoms with van der Waals surface area (Å²) in [7, 11) is 0. The Morgan fingerprint density at radius 1 is 0.414 bits per heavy atom. The van der Waals surface area contributed by atoms with Crippen LogP contribution in [0.5, 0.6) is 11.5 Å². The molecule has 4 aromatic rings. The van der Waals surface area contributed by atoms with Gasteiger partial charge in [-0.05, 0) is 34.4 Å². The molecule has 0 radical (unpaired) electrons. The summed E-state index contributed by atoms with van der Waals surface area (Å²) < 4.78 is 6.23. The minimum Gasteiger partial charge on any atom is -0.456 e. The summed E-state index contributed by atoms with van der Waals surface area (Å²) in [5, 5.41) is 0. The molecule has 2 aliphatic carbocycles. The number of ether oxygens (including phenoxy) is 1. The van der Waals surface area contributed by atoms with Gasteiger partial charge in [0, 0.05) is 11.1 Å². The molecule has 0 heterocycles. The van der Waals surface area contributed by atoms with Gasteiger partial charge in [-0.3, -0.25) is 9.59 Å². The highest BCUT2D eigenvalue weighted by atomic mass is 16.5. The summed E-state index contributed by atoms with van der Waals surface area (Å²) in [5.41, 5.74) is 6.03. The Balaban J connectivity index is 1.50. The third-order valence-electron chi connectivity index (χ3n) is 5.65. The number of rotatable bonds is 2. The van der Waals surface area contributed by atoms with Crippen LogP contribution in [-0.2, 0) is 0 Å². The minimum absolute atomic E-state index is 0.0478. The maximum absolute atomic E-state index is 13.0. The van der Waals surface area contributed by atoms with Crippen LogP contribution in [0.15, 0.2) is 84.9 Å². The lowest BCUT2D eigenvalue weighted by Crippen LogP contribution is -2.02. The zero-order valence-corrected chi connectivity index (χ0v) is 15.3. The molecule has 4 aromatic carbocycles. The third-order valence-corrected chi connectivity index (χ3v) is 5.65. The highest BCUT2D eigenvalue weighted by molar-refractivity contribution is 6.24. The molecule has 2 aliphatic rings. The van der Waals surface area contributed by atoms with Gasteiger partial charge in [-0.25, -0.2) is 0 Å². The third kappa shape index (κ3) is 2.13. The van der Waals surface area contributed by atoms with Crippen LogP contribution in [0.2, 0.25) is 0 Å². The fourth-order valence-electron chi connectivity index (χ4n) is 4.37. The van der Waals surface area contributed by atoms with Gasteiger partial charge >= 0.3 is 0 Å². The van der Waals surface area contributed by atoms with Crippen LogP contribution in [0.1, 0.15) is 31.8 Å². The van der Waals surface area contributed by atoms with Gasteiger partial charge in [0.15, 0.2) is 11.6 Å². The lowest BCUT2D eigenvalue weighted by molar-refractivity contribution is 0.103. The first-order chi connectivity index (χ1) is 14.2. The highest BCUT2D eigenvalue weighted by Gasteiger charge is 2.32. The lowest BCUT2D eigenvalue weighted by Gasteiger charge is -2.12. The topological polar surface area (TPSA) is 43.4 Å². The van der Waals surface area contributed by atoms with E-state index >= 15 is 0 Å². The highest BCUT2D eigenvalue weighted by Crippen LogP contribution is 2.45. The predicted molar refractivity (Wildman–Crippen MR) is 111 cm³/mol. The van der Waals surface area contributed by atoms with Crippen LogP contribution in [0.25, 0.3) is 22.3 Å². The van der Waals surface area contributed by atoms with Crippen molar-refractivity contribution >= 4 is 11.6 Å². The largest absolute Gasteiger partial charge is 0.456 e. The zero-order valence-electron chi connectivity index (χ0n) is 15.3. The van der Waals surface area contributed by atoms with E-state index in [1.165, 1.54) is 0 Å². The molecule has 0 atom stereocenters. The number of benzene rings is 4. The standard InChI is InChI=1S/C26H14O3/c27-25-19-9-3-1-7-15(19)17-11-5-13-21(23(17)25)29-22-14-6-12-18-16-8-2-4-10-20(16)26(28)24(18)22/h1-14H. The van der Waals surface area contributed by atoms with Gasteiger partial charge in [0.1, 0.15) is 11.5 Å². The SMILES string of the molecule is O=C1c2ccccc2-c2cccc(Oc3cccc4c3C(=O)c3ccccc3-4)c21. The van der Waals surface area contributed by atoms with E-state index in [0.717, 1.165) is 22.3 Å². The molecule has 0 aromatic heterocycles. The first-order valence-electron chi connectivity index (χ1n) is 9.46. The van der Waals surface area contributed by atoms with E-state index in [0.29, 0.717) is 33.8 Å². The average Bonchev–Trinajstić information content (AvgIpc) is 3.23. The molecule has 0 amide bonds. The van der Waals surface area contributed by atoms with Gasteiger partial charge in [0.25, 0.3) is 0 Å². The van der Waals surface area contributed by atoms with Crippen molar-refractivity contribution in [2.24, 2.45) is 0 Å². The van der Waals surface area contributed by atoms with Gasteiger partial charge in [-0.1, -0.05) is 72.8 Å². The fourth-order valence-corrected chi connectivity index (χ4v) is 4.37. The molecule has 3 heteroatoms. The van der Waals surface area contributed by atoms with Crippen LogP contribution in [0, 0.1) is 0 Å². The number of carbonyl (C=O) groups excluding carboxylic acids is 2. The molecule has 0 spiro atoms. The summed E-state index contributed by atoms with van der Waals surface area (Å²) in [5.74, 6) is 0.850. The van der Waals surface area contributed by atoms with E-state index in [2.05, 4.69) is 0 Å². The molecule has 0 aliphatic heterocycles. The van der Waals surface area contributed by atoms with Gasteiger partial charge in [0.2, 0.25) is 0 Å². The quantitative estimate of drug-likeness (QED) is 0.379. The van der Waals surface area contributed by atoms with Crippen LogP contribution in [0.3, 0.4) is 0 Å². The van der Waals surface area contributed by atoms with Crippen LogP contribution in [0.4, 0.5) is 0 Å². The summed E-state index contributed by atoms with van der Waals surface area (Å²) >= 11 is 0. The summed E-state index contributed by atoms with van der Waals surface area (Å²) in [6.07, 6.45) is 0. The van der Waals surface area contributed by atoms with Crippen molar-refractivity contribution in [3.05, 3.63) is 107 Å². The molecular weight excluding hydrogens is 360 g/mol. The van der Waals surface area contributed by atoms with Crippen LogP contribution < -0.4 is 4.74 Å². The monoisotopic (exact) mass is 374 g/mol. The fraction of sp³-hybridized carbons (Fsp3) is 0. The van der Waals surface area contributed by atoms with Crippen LogP contribution >= 0.6 is 0 Å². The van der Waals surface area contributed by atoms with E-state index in [4.69, 9.17) is 4.74 Å². The van der Waals surface area contributed by atoms with Gasteiger partial charge in [0.05, 0.1) is 11.1 Å². The summed E-state index contributed by atoms with van der Waals surface area (Å²) in [4.78, 5) is 26.1. The van der Waals surface area contributed by atoms with Crippen molar-refractivity contribution < 1.29 is 14.3 Å². The minimum atomic E-state index is -0.0478. The van der Waals surface area contributed by atoms with Crippen molar-refractivity contribution in [3.8, 4) is 33.8 Å². The Bertz CT molecular complexity index is 1260. The number of hydrogen-bond donors (Lipinski definition) is 0. The Hall–Kier alpha value is -3.98. The van der Waals surface area contributed by atoms with Crippen molar-refractivity contribution in [1.82, 2.24) is 0 Å². The van der Waals surface area contributed by atoms with Gasteiger partial charge in [-0.15, -0.1) is 0 Å². The molecular formula is C26H14O3. The van der Waals surface area contributed by atoms with E-state index in [1.54, 1.807) is 12.1 Å². The predicted octanol–water partition coefficient (Wildman–Crippen LogP) is 5.90. The molecule has 0 bridgehead atoms. The molecule has 0 fully saturated rings. The first-order valence-corrected chi connectivity index (χ1v) is 9.46. The molecule has 0 saturated carbocycles. The van der Waals surface area contributed by atoms with Gasteiger partial charge < -0.3 is 4.74 Å². The lowest BCUT2D eigenvalue weighted by atomic mass is 10.0. The van der Waals surface area contributed by atoms with Gasteiger partial charge in [-0.2, -0.15) is 0 Å². The van der Waals surface area contributed by atoms with Crippen molar-refractivity contribution in [2.45, 2.75) is 0 Å². The molecule has 0 saturated heterocycles. The average molecular weight is 374 g/mol. The Morgan fingerprint density at radius 2 is 0.793 bits per heavy atom. The summed E-state index contributed by atoms with van der Waals surface area (Å²) in [6.45, 7) is 0. The first kappa shape index (κ1) is 16.0. The van der Waals surface area contributed by atoms with Crippen molar-refractivity contribution in [1.29, 1.82) is 0 Å². The zero-order chi connectivity index (χ0) is 19.5. The van der Waals surface area contributed by atoms with E-state index in [9.17, 15) is 9.59 Å². The number of fused-ring (bicyclic) bond motifs is 6. The summed E-state index contributed by atoms with van der Waals surface area (Å²) in [6, 6.07) is 26.3. The van der Waals surface area contributed by atoms with E-state index in [-0.39, 0.29) is 11.6 Å². The molecule has 136 valence electrons. The number of ketones is 2. The molecule has 0 unspecified atom stereocenters. The Labute approximate surface area is 167 Å². The van der Waals surface area contributed by atoms with Crippen LogP contribution in [-0.4, -0.2) is 11.6 Å². The molecule has 6 rings (SSSR count). The number of carbonyl (C=O) groups is 2. The molecule has 0 N–H and O–H groups in total. The molecule has 29 heavy (non-hydrogen) atoms. The maximum atomic E-state index is 13.0. The van der Waals surface area contributed by atoms with E-state index < -0.39 is 0 Å². The Morgan fingerprint density at radius 3 is 1.24 bits per heavy atom. The van der Waals surface area contributed by atoms with Crippen molar-refractivity contribution in [3.63, 3.8) is 0 Å². The maximum Gasteiger partial charge on any atom is 0.198 e. The number of hydrogen-bond acceptors (Lipinski definition) is 3. The second-order valence-electron chi connectivity index (χ2n) is 7.21. The normalized spacial score (nSPS) is 13.0.